The zero-order chi connectivity index (χ0) is 21.9. The van der Waals surface area contributed by atoms with Crippen LogP contribution in [0.4, 0.5) is 39.3 Å². The minimum Gasteiger partial charge on any atom is -0.368 e. The van der Waals surface area contributed by atoms with Crippen molar-refractivity contribution in [3.63, 3.8) is 0 Å². The Labute approximate surface area is 168 Å². The molecule has 0 atom stereocenters. The SMILES string of the molecule is CC(C)Nc1cc(Nc2ccnc(C(F)F)c2)nc(-c2cccc(C(F)(F)F)n2)n1. The number of hydrogen-bond donors (Lipinski definition) is 2. The smallest absolute Gasteiger partial charge is 0.368 e. The Morgan fingerprint density at radius 1 is 0.933 bits per heavy atom. The second kappa shape index (κ2) is 8.56. The molecule has 6 nitrogen and oxygen atoms in total. The van der Waals surface area contributed by atoms with E-state index in [9.17, 15) is 22.0 Å². The minimum atomic E-state index is -4.62. The third-order valence-corrected chi connectivity index (χ3v) is 3.71. The molecule has 158 valence electrons. The maximum Gasteiger partial charge on any atom is 0.433 e. The van der Waals surface area contributed by atoms with Crippen molar-refractivity contribution in [2.75, 3.05) is 10.6 Å². The molecular weight excluding hydrogens is 407 g/mol. The van der Waals surface area contributed by atoms with Crippen LogP contribution in [-0.4, -0.2) is 26.0 Å². The number of aromatic nitrogens is 4. The van der Waals surface area contributed by atoms with Crippen LogP contribution < -0.4 is 10.6 Å². The molecule has 0 aromatic carbocycles. The van der Waals surface area contributed by atoms with E-state index in [0.717, 1.165) is 12.1 Å². The molecule has 11 heteroatoms. The predicted molar refractivity (Wildman–Crippen MR) is 102 cm³/mol. The van der Waals surface area contributed by atoms with Gasteiger partial charge in [-0.05, 0) is 38.1 Å². The number of anilines is 3. The first kappa shape index (κ1) is 21.3. The molecule has 3 aromatic rings. The van der Waals surface area contributed by atoms with E-state index < -0.39 is 24.0 Å². The van der Waals surface area contributed by atoms with Crippen molar-refractivity contribution in [1.82, 2.24) is 19.9 Å². The second-order valence-electron chi connectivity index (χ2n) is 6.56. The van der Waals surface area contributed by atoms with E-state index in [1.54, 1.807) is 0 Å². The van der Waals surface area contributed by atoms with Gasteiger partial charge in [0, 0.05) is 24.0 Å². The number of hydrogen-bond acceptors (Lipinski definition) is 6. The highest BCUT2D eigenvalue weighted by Crippen LogP contribution is 2.30. The molecule has 0 saturated carbocycles. The Bertz CT molecular complexity index is 1020. The molecule has 0 aliphatic heterocycles. The number of pyridine rings is 2. The maximum atomic E-state index is 13.0. The summed E-state index contributed by atoms with van der Waals surface area (Å²) in [6.07, 6.45) is -6.15. The maximum absolute atomic E-state index is 13.0. The van der Waals surface area contributed by atoms with Gasteiger partial charge >= 0.3 is 6.18 Å². The summed E-state index contributed by atoms with van der Waals surface area (Å²) in [6.45, 7) is 3.71. The van der Waals surface area contributed by atoms with Crippen molar-refractivity contribution in [3.05, 3.63) is 54.0 Å². The lowest BCUT2D eigenvalue weighted by molar-refractivity contribution is -0.141. The fourth-order valence-corrected chi connectivity index (χ4v) is 2.51. The van der Waals surface area contributed by atoms with Gasteiger partial charge in [0.05, 0.1) is 0 Å². The van der Waals surface area contributed by atoms with Crippen LogP contribution in [-0.2, 0) is 6.18 Å². The summed E-state index contributed by atoms with van der Waals surface area (Å²) in [6, 6.07) is 7.52. The lowest BCUT2D eigenvalue weighted by Crippen LogP contribution is -2.13. The Hall–Kier alpha value is -3.37. The van der Waals surface area contributed by atoms with Gasteiger partial charge in [-0.15, -0.1) is 0 Å². The van der Waals surface area contributed by atoms with Crippen LogP contribution >= 0.6 is 0 Å². The lowest BCUT2D eigenvalue weighted by atomic mass is 10.2. The highest BCUT2D eigenvalue weighted by atomic mass is 19.4. The molecule has 0 spiro atoms. The van der Waals surface area contributed by atoms with Gasteiger partial charge in [0.1, 0.15) is 28.7 Å². The summed E-state index contributed by atoms with van der Waals surface area (Å²) in [5.41, 5.74) is -1.29. The van der Waals surface area contributed by atoms with E-state index in [1.165, 1.54) is 30.5 Å². The van der Waals surface area contributed by atoms with Crippen molar-refractivity contribution in [2.24, 2.45) is 0 Å². The highest BCUT2D eigenvalue weighted by molar-refractivity contribution is 5.63. The molecule has 2 N–H and O–H groups in total. The topological polar surface area (TPSA) is 75.6 Å². The van der Waals surface area contributed by atoms with E-state index in [1.807, 2.05) is 13.8 Å². The first-order valence-corrected chi connectivity index (χ1v) is 8.83. The molecule has 0 saturated heterocycles. The highest BCUT2D eigenvalue weighted by Gasteiger charge is 2.32. The zero-order valence-electron chi connectivity index (χ0n) is 15.9. The first-order chi connectivity index (χ1) is 14.1. The van der Waals surface area contributed by atoms with E-state index in [0.29, 0.717) is 5.82 Å². The van der Waals surface area contributed by atoms with Crippen LogP contribution in [0.5, 0.6) is 0 Å². The minimum absolute atomic E-state index is 0.0265. The number of halogens is 5. The van der Waals surface area contributed by atoms with Gasteiger partial charge in [0.2, 0.25) is 0 Å². The molecule has 30 heavy (non-hydrogen) atoms. The van der Waals surface area contributed by atoms with Crippen molar-refractivity contribution < 1.29 is 22.0 Å². The van der Waals surface area contributed by atoms with Crippen LogP contribution in [0.1, 0.15) is 31.7 Å². The molecular formula is C19H17F5N6. The summed E-state index contributed by atoms with van der Waals surface area (Å²) in [4.78, 5) is 15.6. The van der Waals surface area contributed by atoms with Gasteiger partial charge in [0.15, 0.2) is 5.82 Å². The van der Waals surface area contributed by atoms with Gasteiger partial charge in [-0.3, -0.25) is 4.98 Å². The number of alkyl halides is 5. The van der Waals surface area contributed by atoms with Gasteiger partial charge in [0.25, 0.3) is 6.43 Å². The van der Waals surface area contributed by atoms with Gasteiger partial charge in [-0.25, -0.2) is 23.7 Å². The fourth-order valence-electron chi connectivity index (χ4n) is 2.51. The molecule has 0 unspecified atom stereocenters. The third kappa shape index (κ3) is 5.37. The van der Waals surface area contributed by atoms with Crippen molar-refractivity contribution in [1.29, 1.82) is 0 Å². The molecule has 0 amide bonds. The molecule has 3 rings (SSSR count). The fraction of sp³-hybridized carbons (Fsp3) is 0.263. The molecule has 0 radical (unpaired) electrons. The largest absolute Gasteiger partial charge is 0.433 e. The standard InChI is InChI=1S/C19H17F5N6/c1-10(2)26-15-9-16(27-11-6-7-25-13(8-11)17(20)21)30-18(29-15)12-4-3-5-14(28-12)19(22,23)24/h3-10,17H,1-2H3,(H2,25,26,27,29,30). The van der Waals surface area contributed by atoms with Crippen molar-refractivity contribution in [3.8, 4) is 11.5 Å². The van der Waals surface area contributed by atoms with Crippen LogP contribution in [0, 0.1) is 0 Å². The van der Waals surface area contributed by atoms with E-state index >= 15 is 0 Å². The summed E-state index contributed by atoms with van der Waals surface area (Å²) >= 11 is 0. The van der Waals surface area contributed by atoms with Gasteiger partial charge in [-0.1, -0.05) is 6.07 Å². The number of nitrogens with zero attached hydrogens (tertiary/aromatic N) is 4. The first-order valence-electron chi connectivity index (χ1n) is 8.83. The van der Waals surface area contributed by atoms with E-state index in [4.69, 9.17) is 0 Å². The van der Waals surface area contributed by atoms with Crippen LogP contribution in [0.15, 0.2) is 42.6 Å². The van der Waals surface area contributed by atoms with Crippen LogP contribution in [0.2, 0.25) is 0 Å². The monoisotopic (exact) mass is 424 g/mol. The number of nitrogens with one attached hydrogen (secondary N) is 2. The van der Waals surface area contributed by atoms with Crippen molar-refractivity contribution >= 4 is 17.3 Å². The Morgan fingerprint density at radius 3 is 2.33 bits per heavy atom. The zero-order valence-corrected chi connectivity index (χ0v) is 15.9. The van der Waals surface area contributed by atoms with E-state index in [-0.39, 0.29) is 29.1 Å². The van der Waals surface area contributed by atoms with E-state index in [2.05, 4.69) is 30.6 Å². The molecule has 0 fully saturated rings. The Kier molecular flexibility index (Phi) is 6.09. The molecule has 0 aliphatic carbocycles. The average Bonchev–Trinajstić information content (AvgIpc) is 2.67. The summed E-state index contributed by atoms with van der Waals surface area (Å²) in [7, 11) is 0. The lowest BCUT2D eigenvalue weighted by Gasteiger charge is -2.14. The van der Waals surface area contributed by atoms with Crippen LogP contribution in [0.25, 0.3) is 11.5 Å². The Morgan fingerprint density at radius 2 is 1.67 bits per heavy atom. The molecule has 0 aliphatic rings. The second-order valence-corrected chi connectivity index (χ2v) is 6.56. The summed E-state index contributed by atoms with van der Waals surface area (Å²) < 4.78 is 64.8. The molecule has 3 aromatic heterocycles. The predicted octanol–water partition coefficient (Wildman–Crippen LogP) is 5.45. The molecule has 3 heterocycles. The Balaban J connectivity index is 2.02. The van der Waals surface area contributed by atoms with Gasteiger partial charge in [-0.2, -0.15) is 13.2 Å². The quantitative estimate of drug-likeness (QED) is 0.513. The normalized spacial score (nSPS) is 11.8. The van der Waals surface area contributed by atoms with Crippen LogP contribution in [0.3, 0.4) is 0 Å². The average molecular weight is 424 g/mol. The third-order valence-electron chi connectivity index (χ3n) is 3.71. The number of rotatable bonds is 6. The molecule has 0 bridgehead atoms. The summed E-state index contributed by atoms with van der Waals surface area (Å²) in [5, 5.41) is 5.90. The summed E-state index contributed by atoms with van der Waals surface area (Å²) in [5.74, 6) is 0.464. The van der Waals surface area contributed by atoms with Gasteiger partial charge < -0.3 is 10.6 Å². The van der Waals surface area contributed by atoms with Crippen molar-refractivity contribution in [2.45, 2.75) is 32.5 Å².